The molecular formula is C16H26O3. The molecule has 0 aromatic carbocycles. The van der Waals surface area contributed by atoms with E-state index in [4.69, 9.17) is 4.74 Å². The lowest BCUT2D eigenvalue weighted by Gasteiger charge is -2.09. The minimum absolute atomic E-state index is 0.115. The number of carbonyl (C=O) groups excluding carboxylic acids is 1. The highest BCUT2D eigenvalue weighted by atomic mass is 16.5. The summed E-state index contributed by atoms with van der Waals surface area (Å²) in [4.78, 5) is 10.9. The van der Waals surface area contributed by atoms with Gasteiger partial charge in [-0.05, 0) is 32.6 Å². The van der Waals surface area contributed by atoms with E-state index in [1.807, 2.05) is 31.2 Å². The van der Waals surface area contributed by atoms with Crippen LogP contribution in [0.15, 0.2) is 36.5 Å². The summed E-state index contributed by atoms with van der Waals surface area (Å²) < 4.78 is 9.96. The molecule has 19 heavy (non-hydrogen) atoms. The second kappa shape index (κ2) is 13.1. The number of unbranched alkanes of at least 4 members (excludes halogenated alkanes) is 1. The summed E-state index contributed by atoms with van der Waals surface area (Å²) in [5.41, 5.74) is 0. The zero-order valence-corrected chi connectivity index (χ0v) is 12.3. The predicted molar refractivity (Wildman–Crippen MR) is 79.0 cm³/mol. The third kappa shape index (κ3) is 11.5. The largest absolute Gasteiger partial charge is 0.469 e. The predicted octanol–water partition coefficient (Wildman–Crippen LogP) is 3.81. The molecule has 3 heteroatoms. The molecule has 0 aliphatic rings. The van der Waals surface area contributed by atoms with Gasteiger partial charge in [-0.25, -0.2) is 0 Å². The molecule has 0 heterocycles. The second-order valence-electron chi connectivity index (χ2n) is 4.21. The first-order valence-corrected chi connectivity index (χ1v) is 6.78. The van der Waals surface area contributed by atoms with E-state index in [0.29, 0.717) is 6.42 Å². The molecule has 1 unspecified atom stereocenters. The SMILES string of the molecule is CC=CCC=CC=CC(CCCCC(=O)OC)OC. The van der Waals surface area contributed by atoms with Crippen molar-refractivity contribution in [2.45, 2.75) is 45.1 Å². The van der Waals surface area contributed by atoms with Crippen molar-refractivity contribution in [2.24, 2.45) is 0 Å². The van der Waals surface area contributed by atoms with Crippen molar-refractivity contribution < 1.29 is 14.3 Å². The Morgan fingerprint density at radius 3 is 2.58 bits per heavy atom. The van der Waals surface area contributed by atoms with Crippen LogP contribution in [0.25, 0.3) is 0 Å². The summed E-state index contributed by atoms with van der Waals surface area (Å²) in [5, 5.41) is 0. The quantitative estimate of drug-likeness (QED) is 0.261. The first-order chi connectivity index (χ1) is 9.24. The first-order valence-electron chi connectivity index (χ1n) is 6.78. The van der Waals surface area contributed by atoms with Gasteiger partial charge in [0.1, 0.15) is 0 Å². The van der Waals surface area contributed by atoms with Crippen LogP contribution in [-0.2, 0) is 14.3 Å². The van der Waals surface area contributed by atoms with Gasteiger partial charge in [0.2, 0.25) is 0 Å². The summed E-state index contributed by atoms with van der Waals surface area (Å²) in [6, 6.07) is 0. The Morgan fingerprint density at radius 2 is 1.95 bits per heavy atom. The zero-order chi connectivity index (χ0) is 14.3. The average molecular weight is 266 g/mol. The van der Waals surface area contributed by atoms with Gasteiger partial charge in [0, 0.05) is 13.5 Å². The van der Waals surface area contributed by atoms with E-state index in [1.165, 1.54) is 7.11 Å². The summed E-state index contributed by atoms with van der Waals surface area (Å²) >= 11 is 0. The average Bonchev–Trinajstić information content (AvgIpc) is 2.44. The minimum atomic E-state index is -0.142. The van der Waals surface area contributed by atoms with Crippen LogP contribution in [-0.4, -0.2) is 26.3 Å². The highest BCUT2D eigenvalue weighted by molar-refractivity contribution is 5.68. The van der Waals surface area contributed by atoms with E-state index in [2.05, 4.69) is 16.9 Å². The van der Waals surface area contributed by atoms with Crippen LogP contribution in [0.3, 0.4) is 0 Å². The number of hydrogen-bond acceptors (Lipinski definition) is 3. The number of esters is 1. The van der Waals surface area contributed by atoms with E-state index < -0.39 is 0 Å². The first kappa shape index (κ1) is 17.6. The maximum absolute atomic E-state index is 10.9. The number of methoxy groups -OCH3 is 2. The molecule has 0 aromatic heterocycles. The Bertz CT molecular complexity index is 303. The van der Waals surface area contributed by atoms with E-state index in [9.17, 15) is 4.79 Å². The smallest absolute Gasteiger partial charge is 0.305 e. The van der Waals surface area contributed by atoms with Crippen LogP contribution in [0.4, 0.5) is 0 Å². The number of rotatable bonds is 10. The van der Waals surface area contributed by atoms with Crippen molar-refractivity contribution in [2.75, 3.05) is 14.2 Å². The van der Waals surface area contributed by atoms with Crippen molar-refractivity contribution in [3.63, 3.8) is 0 Å². The van der Waals surface area contributed by atoms with Crippen LogP contribution < -0.4 is 0 Å². The Kier molecular flexibility index (Phi) is 12.2. The van der Waals surface area contributed by atoms with Gasteiger partial charge in [0.05, 0.1) is 13.2 Å². The molecule has 1 atom stereocenters. The number of hydrogen-bond donors (Lipinski definition) is 0. The maximum atomic E-state index is 10.9. The van der Waals surface area contributed by atoms with Gasteiger partial charge in [-0.2, -0.15) is 0 Å². The van der Waals surface area contributed by atoms with E-state index in [0.717, 1.165) is 25.7 Å². The second-order valence-corrected chi connectivity index (χ2v) is 4.21. The van der Waals surface area contributed by atoms with Gasteiger partial charge >= 0.3 is 5.97 Å². The van der Waals surface area contributed by atoms with Gasteiger partial charge in [0.15, 0.2) is 0 Å². The van der Waals surface area contributed by atoms with Crippen molar-refractivity contribution in [3.05, 3.63) is 36.5 Å². The molecule has 0 N–H and O–H groups in total. The Labute approximate surface area is 117 Å². The summed E-state index contributed by atoms with van der Waals surface area (Å²) in [5.74, 6) is -0.142. The van der Waals surface area contributed by atoms with Gasteiger partial charge in [-0.1, -0.05) is 36.5 Å². The number of carbonyl (C=O) groups is 1. The Morgan fingerprint density at radius 1 is 1.16 bits per heavy atom. The summed E-state index contributed by atoms with van der Waals surface area (Å²) in [7, 11) is 3.13. The molecule has 0 saturated carbocycles. The highest BCUT2D eigenvalue weighted by Gasteiger charge is 2.04. The molecule has 0 radical (unpaired) electrons. The number of allylic oxidation sites excluding steroid dienone is 5. The molecule has 0 aliphatic carbocycles. The molecular weight excluding hydrogens is 240 g/mol. The van der Waals surface area contributed by atoms with Crippen molar-refractivity contribution in [1.82, 2.24) is 0 Å². The third-order valence-corrected chi connectivity index (χ3v) is 2.73. The van der Waals surface area contributed by atoms with Crippen molar-refractivity contribution in [3.8, 4) is 0 Å². The molecule has 3 nitrogen and oxygen atoms in total. The third-order valence-electron chi connectivity index (χ3n) is 2.73. The zero-order valence-electron chi connectivity index (χ0n) is 12.3. The fourth-order valence-corrected chi connectivity index (χ4v) is 1.57. The molecule has 0 saturated heterocycles. The van der Waals surface area contributed by atoms with Gasteiger partial charge in [-0.3, -0.25) is 4.79 Å². The monoisotopic (exact) mass is 266 g/mol. The molecule has 0 aromatic rings. The lowest BCUT2D eigenvalue weighted by Crippen LogP contribution is -2.07. The van der Waals surface area contributed by atoms with Crippen LogP contribution in [0.2, 0.25) is 0 Å². The van der Waals surface area contributed by atoms with Gasteiger partial charge in [0.25, 0.3) is 0 Å². The van der Waals surface area contributed by atoms with Crippen molar-refractivity contribution in [1.29, 1.82) is 0 Å². The molecule has 0 amide bonds. The molecule has 0 rings (SSSR count). The molecule has 0 spiro atoms. The van der Waals surface area contributed by atoms with Crippen LogP contribution in [0, 0.1) is 0 Å². The van der Waals surface area contributed by atoms with Gasteiger partial charge < -0.3 is 9.47 Å². The van der Waals surface area contributed by atoms with Crippen LogP contribution >= 0.6 is 0 Å². The van der Waals surface area contributed by atoms with Crippen molar-refractivity contribution >= 4 is 5.97 Å². The molecule has 108 valence electrons. The summed E-state index contributed by atoms with van der Waals surface area (Å²) in [6.45, 7) is 2.01. The molecule has 0 bridgehead atoms. The summed E-state index contributed by atoms with van der Waals surface area (Å²) in [6.07, 6.45) is 16.6. The van der Waals surface area contributed by atoms with E-state index in [1.54, 1.807) is 7.11 Å². The fourth-order valence-electron chi connectivity index (χ4n) is 1.57. The minimum Gasteiger partial charge on any atom is -0.469 e. The normalized spacial score (nSPS) is 13.6. The Balaban J connectivity index is 3.78. The Hall–Kier alpha value is -1.35. The van der Waals surface area contributed by atoms with Gasteiger partial charge in [-0.15, -0.1) is 0 Å². The molecule has 0 aliphatic heterocycles. The van der Waals surface area contributed by atoms with Crippen LogP contribution in [0.1, 0.15) is 39.0 Å². The van der Waals surface area contributed by atoms with Crippen LogP contribution in [0.5, 0.6) is 0 Å². The highest BCUT2D eigenvalue weighted by Crippen LogP contribution is 2.08. The fraction of sp³-hybridized carbons (Fsp3) is 0.562. The number of ether oxygens (including phenoxy) is 2. The lowest BCUT2D eigenvalue weighted by atomic mass is 10.1. The van der Waals surface area contributed by atoms with E-state index in [-0.39, 0.29) is 12.1 Å². The lowest BCUT2D eigenvalue weighted by molar-refractivity contribution is -0.140. The standard InChI is InChI=1S/C16H26O3/c1-4-5-6-7-8-9-12-15(18-2)13-10-11-14-16(17)19-3/h4-5,7-9,12,15H,6,10-11,13-14H2,1-3H3. The van der Waals surface area contributed by atoms with E-state index >= 15 is 0 Å². The molecule has 0 fully saturated rings. The maximum Gasteiger partial charge on any atom is 0.305 e. The topological polar surface area (TPSA) is 35.5 Å².